The summed E-state index contributed by atoms with van der Waals surface area (Å²) in [6, 6.07) is 5.51. The van der Waals surface area contributed by atoms with E-state index in [1.165, 1.54) is 0 Å². The molecule has 1 aromatic rings. The van der Waals surface area contributed by atoms with Crippen LogP contribution in [-0.4, -0.2) is 11.1 Å². The Balaban J connectivity index is 2.93. The van der Waals surface area contributed by atoms with Crippen molar-refractivity contribution in [2.24, 2.45) is 0 Å². The minimum absolute atomic E-state index is 0.125. The van der Waals surface area contributed by atoms with E-state index in [4.69, 9.17) is 4.52 Å². The lowest BCUT2D eigenvalue weighted by Crippen LogP contribution is -1.96. The van der Waals surface area contributed by atoms with E-state index in [0.29, 0.717) is 5.75 Å². The summed E-state index contributed by atoms with van der Waals surface area (Å²) in [5, 5.41) is 0. The number of benzene rings is 1. The van der Waals surface area contributed by atoms with Crippen LogP contribution in [0.15, 0.2) is 18.2 Å². The van der Waals surface area contributed by atoms with Gasteiger partial charge in [-0.15, -0.1) is 0 Å². The Hall–Kier alpha value is -0.790. The Morgan fingerprint density at radius 2 is 2.07 bits per heavy atom. The molecule has 3 nitrogen and oxygen atoms in total. The molecule has 0 spiro atoms. The smallest absolute Gasteiger partial charge is 0.376 e. The van der Waals surface area contributed by atoms with Crippen LogP contribution in [0.2, 0.25) is 0 Å². The number of hydrogen-bond acceptors (Lipinski definition) is 2. The molecule has 78 valence electrons. The molecule has 1 atom stereocenters. The van der Waals surface area contributed by atoms with Crippen LogP contribution in [0, 0.1) is 13.8 Å². The minimum Gasteiger partial charge on any atom is -0.424 e. The first kappa shape index (κ1) is 11.3. The Labute approximate surface area is 84.3 Å². The lowest BCUT2D eigenvalue weighted by molar-refractivity contribution is 0.380. The van der Waals surface area contributed by atoms with Gasteiger partial charge in [0.1, 0.15) is 5.75 Å². The normalized spacial score (nSPS) is 14.9. The second-order valence-corrected chi connectivity index (χ2v) is 5.40. The first-order chi connectivity index (χ1) is 6.44. The van der Waals surface area contributed by atoms with E-state index in [-0.39, 0.29) is 6.16 Å². The molecular weight excluding hydrogens is 199 g/mol. The van der Waals surface area contributed by atoms with Crippen molar-refractivity contribution in [1.29, 1.82) is 0 Å². The Bertz CT molecular complexity index is 374. The summed E-state index contributed by atoms with van der Waals surface area (Å²) in [6.45, 7) is 5.46. The Morgan fingerprint density at radius 1 is 1.43 bits per heavy atom. The van der Waals surface area contributed by atoms with Crippen molar-refractivity contribution in [2.45, 2.75) is 20.8 Å². The minimum atomic E-state index is -3.44. The van der Waals surface area contributed by atoms with Crippen molar-refractivity contribution >= 4 is 7.60 Å². The van der Waals surface area contributed by atoms with Gasteiger partial charge in [-0.1, -0.05) is 24.6 Å². The van der Waals surface area contributed by atoms with Gasteiger partial charge in [0.2, 0.25) is 0 Å². The molecule has 0 aromatic heterocycles. The van der Waals surface area contributed by atoms with Crippen molar-refractivity contribution < 1.29 is 14.0 Å². The van der Waals surface area contributed by atoms with E-state index in [1.54, 1.807) is 13.0 Å². The van der Waals surface area contributed by atoms with Gasteiger partial charge in [-0.3, -0.25) is 0 Å². The number of aryl methyl sites for hydroxylation is 2. The predicted octanol–water partition coefficient (Wildman–Crippen LogP) is 2.89. The largest absolute Gasteiger partial charge is 0.424 e. The summed E-state index contributed by atoms with van der Waals surface area (Å²) >= 11 is 0. The third-order valence-electron chi connectivity index (χ3n) is 1.97. The SMILES string of the molecule is CCP(=O)(O)Oc1ccc(C)cc1C. The topological polar surface area (TPSA) is 46.5 Å². The summed E-state index contributed by atoms with van der Waals surface area (Å²) in [4.78, 5) is 9.30. The van der Waals surface area contributed by atoms with Gasteiger partial charge in [-0.05, 0) is 25.5 Å². The van der Waals surface area contributed by atoms with Crippen molar-refractivity contribution in [3.8, 4) is 5.75 Å². The van der Waals surface area contributed by atoms with Gasteiger partial charge >= 0.3 is 7.60 Å². The van der Waals surface area contributed by atoms with Crippen molar-refractivity contribution in [3.05, 3.63) is 29.3 Å². The third kappa shape index (κ3) is 2.86. The summed E-state index contributed by atoms with van der Waals surface area (Å²) in [5.41, 5.74) is 1.99. The first-order valence-electron chi connectivity index (χ1n) is 4.53. The fraction of sp³-hybridized carbons (Fsp3) is 0.400. The van der Waals surface area contributed by atoms with Crippen LogP contribution in [0.25, 0.3) is 0 Å². The molecule has 1 unspecified atom stereocenters. The Morgan fingerprint density at radius 3 is 2.57 bits per heavy atom. The highest BCUT2D eigenvalue weighted by atomic mass is 31.2. The molecule has 0 radical (unpaired) electrons. The van der Waals surface area contributed by atoms with Crippen LogP contribution in [-0.2, 0) is 4.57 Å². The molecule has 0 saturated heterocycles. The second kappa shape index (κ2) is 4.16. The van der Waals surface area contributed by atoms with Gasteiger partial charge in [-0.25, -0.2) is 4.57 Å². The molecule has 0 aliphatic carbocycles. The number of hydrogen-bond donors (Lipinski definition) is 1. The molecular formula is C10H15O3P. The van der Waals surface area contributed by atoms with Crippen LogP contribution in [0.4, 0.5) is 0 Å². The van der Waals surface area contributed by atoms with Crippen LogP contribution in [0.5, 0.6) is 5.75 Å². The van der Waals surface area contributed by atoms with Crippen molar-refractivity contribution in [3.63, 3.8) is 0 Å². The van der Waals surface area contributed by atoms with Crippen LogP contribution in [0.3, 0.4) is 0 Å². The maximum Gasteiger partial charge on any atom is 0.376 e. The molecule has 0 aliphatic rings. The highest BCUT2D eigenvalue weighted by Gasteiger charge is 2.18. The fourth-order valence-electron chi connectivity index (χ4n) is 1.12. The average molecular weight is 214 g/mol. The zero-order valence-corrected chi connectivity index (χ0v) is 9.54. The highest BCUT2D eigenvalue weighted by Crippen LogP contribution is 2.42. The van der Waals surface area contributed by atoms with Crippen molar-refractivity contribution in [1.82, 2.24) is 0 Å². The predicted molar refractivity (Wildman–Crippen MR) is 56.9 cm³/mol. The van der Waals surface area contributed by atoms with Crippen LogP contribution in [0.1, 0.15) is 18.1 Å². The molecule has 0 saturated carbocycles. The van der Waals surface area contributed by atoms with Gasteiger partial charge in [0, 0.05) is 0 Å². The lowest BCUT2D eigenvalue weighted by atomic mass is 10.1. The summed E-state index contributed by atoms with van der Waals surface area (Å²) in [6.07, 6.45) is 0.125. The van der Waals surface area contributed by atoms with Gasteiger partial charge < -0.3 is 9.42 Å². The molecule has 0 fully saturated rings. The van der Waals surface area contributed by atoms with Gasteiger partial charge in [-0.2, -0.15) is 0 Å². The highest BCUT2D eigenvalue weighted by molar-refractivity contribution is 7.53. The second-order valence-electron chi connectivity index (χ2n) is 3.31. The van der Waals surface area contributed by atoms with E-state index in [9.17, 15) is 9.46 Å². The molecule has 4 heteroatoms. The van der Waals surface area contributed by atoms with E-state index in [1.807, 2.05) is 26.0 Å². The van der Waals surface area contributed by atoms with E-state index in [2.05, 4.69) is 0 Å². The molecule has 0 bridgehead atoms. The standard InChI is InChI=1S/C10H15O3P/c1-4-14(11,12)13-10-6-5-8(2)7-9(10)3/h5-7H,4H2,1-3H3,(H,11,12). The average Bonchev–Trinajstić information content (AvgIpc) is 2.10. The molecule has 14 heavy (non-hydrogen) atoms. The molecule has 1 rings (SSSR count). The zero-order valence-electron chi connectivity index (χ0n) is 8.65. The van der Waals surface area contributed by atoms with E-state index < -0.39 is 7.60 Å². The van der Waals surface area contributed by atoms with Gasteiger partial charge in [0.05, 0.1) is 6.16 Å². The molecule has 0 heterocycles. The number of rotatable bonds is 3. The fourth-order valence-corrected chi connectivity index (χ4v) is 1.76. The van der Waals surface area contributed by atoms with Gasteiger partial charge in [0.25, 0.3) is 0 Å². The summed E-state index contributed by atoms with van der Waals surface area (Å²) in [5.74, 6) is 0.489. The maximum atomic E-state index is 11.3. The van der Waals surface area contributed by atoms with Crippen LogP contribution >= 0.6 is 7.60 Å². The summed E-state index contributed by atoms with van der Waals surface area (Å²) < 4.78 is 16.4. The lowest BCUT2D eigenvalue weighted by Gasteiger charge is -2.13. The van der Waals surface area contributed by atoms with E-state index in [0.717, 1.165) is 11.1 Å². The maximum absolute atomic E-state index is 11.3. The first-order valence-corrected chi connectivity index (χ1v) is 6.29. The zero-order chi connectivity index (χ0) is 10.8. The molecule has 0 aliphatic heterocycles. The molecule has 1 N–H and O–H groups in total. The van der Waals surface area contributed by atoms with Crippen molar-refractivity contribution in [2.75, 3.05) is 6.16 Å². The quantitative estimate of drug-likeness (QED) is 0.787. The Kier molecular flexibility index (Phi) is 3.35. The molecule has 0 amide bonds. The summed E-state index contributed by atoms with van der Waals surface area (Å²) in [7, 11) is -3.44. The van der Waals surface area contributed by atoms with Gasteiger partial charge in [0.15, 0.2) is 0 Å². The van der Waals surface area contributed by atoms with E-state index >= 15 is 0 Å². The third-order valence-corrected chi connectivity index (χ3v) is 3.25. The molecule has 1 aromatic carbocycles. The monoisotopic (exact) mass is 214 g/mol. The van der Waals surface area contributed by atoms with Crippen LogP contribution < -0.4 is 4.52 Å².